The Morgan fingerprint density at radius 2 is 1.55 bits per heavy atom. The van der Waals surface area contributed by atoms with Gasteiger partial charge in [-0.1, -0.05) is 0 Å². The predicted molar refractivity (Wildman–Crippen MR) is 107 cm³/mol. The van der Waals surface area contributed by atoms with E-state index < -0.39 is 18.0 Å². The standard InChI is InChI=1S/C21H25NO7/c1-5-27-16-7-9-17(10-8-16)28-13-20(23)29-14(2)21(24)22-15-6-11-18(25-3)19(12-15)26-4/h6-12,14H,5,13H2,1-4H3,(H,22,24)/t14-/m0/s1. The van der Waals surface area contributed by atoms with Gasteiger partial charge in [-0.25, -0.2) is 4.79 Å². The summed E-state index contributed by atoms with van der Waals surface area (Å²) in [4.78, 5) is 24.2. The van der Waals surface area contributed by atoms with Crippen LogP contribution in [0.5, 0.6) is 23.0 Å². The zero-order chi connectivity index (χ0) is 21.2. The maximum Gasteiger partial charge on any atom is 0.344 e. The zero-order valence-electron chi connectivity index (χ0n) is 16.9. The highest BCUT2D eigenvalue weighted by Gasteiger charge is 2.19. The summed E-state index contributed by atoms with van der Waals surface area (Å²) in [7, 11) is 3.02. The molecular formula is C21H25NO7. The number of carbonyl (C=O) groups excluding carboxylic acids is 2. The molecule has 2 rings (SSSR count). The highest BCUT2D eigenvalue weighted by molar-refractivity contribution is 5.95. The molecule has 0 bridgehead atoms. The number of hydrogen-bond acceptors (Lipinski definition) is 7. The third kappa shape index (κ3) is 6.60. The smallest absolute Gasteiger partial charge is 0.344 e. The number of methoxy groups -OCH3 is 2. The summed E-state index contributed by atoms with van der Waals surface area (Å²) in [6.07, 6.45) is -1.00. The van der Waals surface area contributed by atoms with Crippen molar-refractivity contribution in [2.45, 2.75) is 20.0 Å². The molecule has 0 spiro atoms. The van der Waals surface area contributed by atoms with E-state index >= 15 is 0 Å². The zero-order valence-corrected chi connectivity index (χ0v) is 16.9. The van der Waals surface area contributed by atoms with Gasteiger partial charge >= 0.3 is 5.97 Å². The van der Waals surface area contributed by atoms with Gasteiger partial charge in [0.05, 0.1) is 20.8 Å². The monoisotopic (exact) mass is 403 g/mol. The molecule has 8 heteroatoms. The number of amides is 1. The molecule has 0 aliphatic carbocycles. The molecular weight excluding hydrogens is 378 g/mol. The van der Waals surface area contributed by atoms with Crippen molar-refractivity contribution in [3.8, 4) is 23.0 Å². The molecule has 0 fully saturated rings. The van der Waals surface area contributed by atoms with Gasteiger partial charge in [-0.3, -0.25) is 4.79 Å². The molecule has 1 N–H and O–H groups in total. The second-order valence-corrected chi connectivity index (χ2v) is 5.88. The van der Waals surface area contributed by atoms with Crippen LogP contribution < -0.4 is 24.3 Å². The first kappa shape index (κ1) is 21.9. The largest absolute Gasteiger partial charge is 0.494 e. The molecule has 29 heavy (non-hydrogen) atoms. The van der Waals surface area contributed by atoms with Crippen LogP contribution in [0.2, 0.25) is 0 Å². The van der Waals surface area contributed by atoms with Crippen molar-refractivity contribution in [3.63, 3.8) is 0 Å². The van der Waals surface area contributed by atoms with Crippen LogP contribution in [-0.2, 0) is 14.3 Å². The van der Waals surface area contributed by atoms with Crippen molar-refractivity contribution >= 4 is 17.6 Å². The number of ether oxygens (including phenoxy) is 5. The topological polar surface area (TPSA) is 92.3 Å². The van der Waals surface area contributed by atoms with Crippen LogP contribution >= 0.6 is 0 Å². The number of benzene rings is 2. The summed E-state index contributed by atoms with van der Waals surface area (Å²) in [5.74, 6) is 1.08. The summed E-state index contributed by atoms with van der Waals surface area (Å²) in [5, 5.41) is 2.66. The lowest BCUT2D eigenvalue weighted by atomic mass is 10.2. The molecule has 0 saturated heterocycles. The molecule has 1 atom stereocenters. The SMILES string of the molecule is CCOc1ccc(OCC(=O)O[C@@H](C)C(=O)Nc2ccc(OC)c(OC)c2)cc1. The first-order valence-corrected chi connectivity index (χ1v) is 9.04. The molecule has 1 amide bonds. The van der Waals surface area contributed by atoms with Gasteiger partial charge in [-0.05, 0) is 50.2 Å². The van der Waals surface area contributed by atoms with Gasteiger partial charge in [-0.2, -0.15) is 0 Å². The van der Waals surface area contributed by atoms with Gasteiger partial charge in [0.15, 0.2) is 24.2 Å². The van der Waals surface area contributed by atoms with Crippen molar-refractivity contribution in [2.75, 3.05) is 32.8 Å². The molecule has 156 valence electrons. The Morgan fingerprint density at radius 1 is 0.931 bits per heavy atom. The normalized spacial score (nSPS) is 11.2. The van der Waals surface area contributed by atoms with Crippen molar-refractivity contribution in [1.29, 1.82) is 0 Å². The fraction of sp³-hybridized carbons (Fsp3) is 0.333. The van der Waals surface area contributed by atoms with Crippen LogP contribution in [0, 0.1) is 0 Å². The fourth-order valence-corrected chi connectivity index (χ4v) is 2.38. The Labute approximate surface area is 169 Å². The minimum Gasteiger partial charge on any atom is -0.494 e. The van der Waals surface area contributed by atoms with E-state index in [0.29, 0.717) is 35.3 Å². The van der Waals surface area contributed by atoms with E-state index in [1.807, 2.05) is 6.92 Å². The highest BCUT2D eigenvalue weighted by atomic mass is 16.6. The lowest BCUT2D eigenvalue weighted by Crippen LogP contribution is -2.31. The van der Waals surface area contributed by atoms with Crippen molar-refractivity contribution in [1.82, 2.24) is 0 Å². The van der Waals surface area contributed by atoms with Crippen molar-refractivity contribution in [3.05, 3.63) is 42.5 Å². The average Bonchev–Trinajstić information content (AvgIpc) is 2.73. The first-order chi connectivity index (χ1) is 14.0. The van der Waals surface area contributed by atoms with Crippen LogP contribution in [0.4, 0.5) is 5.69 Å². The van der Waals surface area contributed by atoms with Crippen LogP contribution in [0.25, 0.3) is 0 Å². The van der Waals surface area contributed by atoms with Crippen LogP contribution in [0.1, 0.15) is 13.8 Å². The highest BCUT2D eigenvalue weighted by Crippen LogP contribution is 2.29. The van der Waals surface area contributed by atoms with Gasteiger partial charge in [0.25, 0.3) is 5.91 Å². The molecule has 0 saturated carbocycles. The Balaban J connectivity index is 1.83. The summed E-state index contributed by atoms with van der Waals surface area (Å²) in [6, 6.07) is 11.8. The quantitative estimate of drug-likeness (QED) is 0.610. The number of anilines is 1. The molecule has 0 radical (unpaired) electrons. The minimum absolute atomic E-state index is 0.317. The van der Waals surface area contributed by atoms with E-state index in [-0.39, 0.29) is 6.61 Å². The molecule has 0 aromatic heterocycles. The molecule has 0 heterocycles. The molecule has 0 aliphatic heterocycles. The number of carbonyl (C=O) groups is 2. The van der Waals surface area contributed by atoms with Gasteiger partial charge in [0, 0.05) is 11.8 Å². The predicted octanol–water partition coefficient (Wildman–Crippen LogP) is 3.05. The fourth-order valence-electron chi connectivity index (χ4n) is 2.38. The summed E-state index contributed by atoms with van der Waals surface area (Å²) < 4.78 is 26.2. The second kappa shape index (κ2) is 10.8. The number of nitrogens with one attached hydrogen (secondary N) is 1. The first-order valence-electron chi connectivity index (χ1n) is 9.04. The Morgan fingerprint density at radius 3 is 2.14 bits per heavy atom. The van der Waals surface area contributed by atoms with Crippen LogP contribution in [0.3, 0.4) is 0 Å². The molecule has 8 nitrogen and oxygen atoms in total. The summed E-state index contributed by atoms with van der Waals surface area (Å²) >= 11 is 0. The third-order valence-corrected chi connectivity index (χ3v) is 3.82. The Hall–Kier alpha value is -3.42. The van der Waals surface area contributed by atoms with Gasteiger partial charge < -0.3 is 29.0 Å². The maximum absolute atomic E-state index is 12.3. The van der Waals surface area contributed by atoms with Crippen LogP contribution in [-0.4, -0.2) is 45.4 Å². The molecule has 2 aromatic carbocycles. The van der Waals surface area contributed by atoms with Crippen molar-refractivity contribution in [2.24, 2.45) is 0 Å². The van der Waals surface area contributed by atoms with E-state index in [2.05, 4.69) is 5.32 Å². The maximum atomic E-state index is 12.3. The van der Waals surface area contributed by atoms with Gasteiger partial charge in [-0.15, -0.1) is 0 Å². The minimum atomic E-state index is -1.00. The number of hydrogen-bond donors (Lipinski definition) is 1. The number of esters is 1. The van der Waals surface area contributed by atoms with Crippen LogP contribution in [0.15, 0.2) is 42.5 Å². The summed E-state index contributed by atoms with van der Waals surface area (Å²) in [6.45, 7) is 3.62. The molecule has 0 unspecified atom stereocenters. The molecule has 2 aromatic rings. The van der Waals surface area contributed by atoms with Crippen molar-refractivity contribution < 1.29 is 33.3 Å². The van der Waals surface area contributed by atoms with E-state index in [4.69, 9.17) is 23.7 Å². The van der Waals surface area contributed by atoms with E-state index in [1.54, 1.807) is 42.5 Å². The molecule has 0 aliphatic rings. The van der Waals surface area contributed by atoms with Gasteiger partial charge in [0.1, 0.15) is 11.5 Å². The lowest BCUT2D eigenvalue weighted by molar-refractivity contribution is -0.155. The summed E-state index contributed by atoms with van der Waals surface area (Å²) in [5.41, 5.74) is 0.487. The van der Waals surface area contributed by atoms with Gasteiger partial charge in [0.2, 0.25) is 0 Å². The Bertz CT molecular complexity index is 820. The third-order valence-electron chi connectivity index (χ3n) is 3.82. The van der Waals surface area contributed by atoms with E-state index in [0.717, 1.165) is 0 Å². The lowest BCUT2D eigenvalue weighted by Gasteiger charge is -2.15. The number of rotatable bonds is 10. The average molecular weight is 403 g/mol. The van der Waals surface area contributed by atoms with E-state index in [1.165, 1.54) is 21.1 Å². The Kier molecular flexibility index (Phi) is 8.14. The second-order valence-electron chi connectivity index (χ2n) is 5.88. The van der Waals surface area contributed by atoms with E-state index in [9.17, 15) is 9.59 Å².